The van der Waals surface area contributed by atoms with Crippen LogP contribution >= 0.6 is 35.0 Å². The predicted molar refractivity (Wildman–Crippen MR) is 123 cm³/mol. The van der Waals surface area contributed by atoms with Crippen molar-refractivity contribution in [2.45, 2.75) is 30.3 Å². The van der Waals surface area contributed by atoms with Gasteiger partial charge in [-0.25, -0.2) is 4.98 Å². The molecule has 0 aliphatic heterocycles. The summed E-state index contributed by atoms with van der Waals surface area (Å²) in [5, 5.41) is 4.10. The monoisotopic (exact) mass is 465 g/mol. The number of anilines is 1. The highest BCUT2D eigenvalue weighted by atomic mass is 35.5. The van der Waals surface area contributed by atoms with Crippen molar-refractivity contribution in [2.75, 3.05) is 19.0 Å². The number of rotatable bonds is 7. The van der Waals surface area contributed by atoms with E-state index in [4.69, 9.17) is 27.9 Å². The molecule has 0 saturated carbocycles. The fraction of sp³-hybridized carbons (Fsp3) is 0.286. The fourth-order valence-corrected chi connectivity index (χ4v) is 4.53. The first-order valence-electron chi connectivity index (χ1n) is 9.24. The summed E-state index contributed by atoms with van der Waals surface area (Å²) >= 11 is 13.2. The smallest absolute Gasteiger partial charge is 0.262 e. The second-order valence-corrected chi connectivity index (χ2v) is 8.98. The van der Waals surface area contributed by atoms with Gasteiger partial charge in [-0.15, -0.1) is 0 Å². The number of methoxy groups -OCH3 is 1. The molecule has 3 aromatic rings. The Labute approximate surface area is 188 Å². The third-order valence-corrected chi connectivity index (χ3v) is 5.91. The number of hydrogen-bond donors (Lipinski definition) is 1. The molecule has 30 heavy (non-hydrogen) atoms. The van der Waals surface area contributed by atoms with Crippen molar-refractivity contribution in [3.05, 3.63) is 62.9 Å². The molecule has 0 fully saturated rings. The minimum Gasteiger partial charge on any atom is -0.383 e. The molecule has 6 nitrogen and oxygen atoms in total. The first-order valence-corrected chi connectivity index (χ1v) is 10.9. The lowest BCUT2D eigenvalue weighted by Gasteiger charge is -2.20. The molecule has 3 rings (SSSR count). The Balaban J connectivity index is 1.92. The SMILES string of the molecule is COC[C@H](C)n1c(S[C@@H](C)C(=O)Nc2cc(Cl)cc(Cl)c2)nc2ccccc2c1=O. The molecule has 0 aliphatic rings. The average molecular weight is 466 g/mol. The van der Waals surface area contributed by atoms with Crippen LogP contribution in [0, 0.1) is 0 Å². The van der Waals surface area contributed by atoms with E-state index in [2.05, 4.69) is 10.3 Å². The maximum absolute atomic E-state index is 13.1. The first-order chi connectivity index (χ1) is 14.3. The van der Waals surface area contributed by atoms with Crippen LogP contribution in [0.5, 0.6) is 0 Å². The van der Waals surface area contributed by atoms with Gasteiger partial charge in [0.05, 0.1) is 28.8 Å². The number of nitrogens with one attached hydrogen (secondary N) is 1. The summed E-state index contributed by atoms with van der Waals surface area (Å²) in [5.41, 5.74) is 0.920. The zero-order valence-corrected chi connectivity index (χ0v) is 19.0. The number of thioether (sulfide) groups is 1. The van der Waals surface area contributed by atoms with E-state index < -0.39 is 5.25 Å². The molecule has 1 aromatic heterocycles. The van der Waals surface area contributed by atoms with Gasteiger partial charge in [-0.05, 0) is 44.2 Å². The summed E-state index contributed by atoms with van der Waals surface area (Å²) in [6.45, 7) is 3.97. The molecule has 0 spiro atoms. The van der Waals surface area contributed by atoms with E-state index in [1.807, 2.05) is 13.0 Å². The van der Waals surface area contributed by atoms with Crippen molar-refractivity contribution in [3.63, 3.8) is 0 Å². The van der Waals surface area contributed by atoms with Crippen LogP contribution in [0.25, 0.3) is 10.9 Å². The van der Waals surface area contributed by atoms with Gasteiger partial charge in [0.1, 0.15) is 0 Å². The lowest BCUT2D eigenvalue weighted by molar-refractivity contribution is -0.115. The Morgan fingerprint density at radius 3 is 2.53 bits per heavy atom. The Bertz CT molecular complexity index is 1120. The van der Waals surface area contributed by atoms with Gasteiger partial charge in [-0.2, -0.15) is 0 Å². The number of carbonyl (C=O) groups excluding carboxylic acids is 1. The number of aromatic nitrogens is 2. The lowest BCUT2D eigenvalue weighted by atomic mass is 10.2. The molecule has 1 heterocycles. The van der Waals surface area contributed by atoms with Crippen molar-refractivity contribution in [1.29, 1.82) is 0 Å². The second-order valence-electron chi connectivity index (χ2n) is 6.80. The van der Waals surface area contributed by atoms with Gasteiger partial charge < -0.3 is 10.1 Å². The summed E-state index contributed by atoms with van der Waals surface area (Å²) in [6, 6.07) is 11.7. The molecule has 2 aromatic carbocycles. The van der Waals surface area contributed by atoms with Crippen LogP contribution in [0.3, 0.4) is 0 Å². The summed E-state index contributed by atoms with van der Waals surface area (Å²) < 4.78 is 6.81. The molecular formula is C21H21Cl2N3O3S. The topological polar surface area (TPSA) is 73.2 Å². The summed E-state index contributed by atoms with van der Waals surface area (Å²) in [4.78, 5) is 30.5. The lowest BCUT2D eigenvalue weighted by Crippen LogP contribution is -2.30. The molecule has 0 unspecified atom stereocenters. The quantitative estimate of drug-likeness (QED) is 0.391. The maximum atomic E-state index is 13.1. The largest absolute Gasteiger partial charge is 0.383 e. The summed E-state index contributed by atoms with van der Waals surface area (Å²) in [7, 11) is 1.58. The first kappa shape index (κ1) is 22.6. The number of para-hydroxylation sites is 1. The number of hydrogen-bond acceptors (Lipinski definition) is 5. The maximum Gasteiger partial charge on any atom is 0.262 e. The molecule has 0 aliphatic carbocycles. The number of halogens is 2. The van der Waals surface area contributed by atoms with Gasteiger partial charge in [-0.1, -0.05) is 47.1 Å². The molecular weight excluding hydrogens is 445 g/mol. The van der Waals surface area contributed by atoms with Crippen molar-refractivity contribution in [1.82, 2.24) is 9.55 Å². The van der Waals surface area contributed by atoms with Crippen LogP contribution in [0.4, 0.5) is 5.69 Å². The summed E-state index contributed by atoms with van der Waals surface area (Å²) in [6.07, 6.45) is 0. The molecule has 1 amide bonds. The highest BCUT2D eigenvalue weighted by Gasteiger charge is 2.22. The minimum atomic E-state index is -0.531. The number of amides is 1. The van der Waals surface area contributed by atoms with Gasteiger partial charge in [0.25, 0.3) is 5.56 Å². The zero-order valence-electron chi connectivity index (χ0n) is 16.7. The molecule has 1 N–H and O–H groups in total. The van der Waals surface area contributed by atoms with E-state index in [-0.39, 0.29) is 17.5 Å². The van der Waals surface area contributed by atoms with Gasteiger partial charge in [0.15, 0.2) is 5.16 Å². The molecule has 0 bridgehead atoms. The van der Waals surface area contributed by atoms with Crippen molar-refractivity contribution < 1.29 is 9.53 Å². The van der Waals surface area contributed by atoms with Crippen LogP contribution in [-0.4, -0.2) is 34.4 Å². The van der Waals surface area contributed by atoms with Crippen LogP contribution in [0.2, 0.25) is 10.0 Å². The van der Waals surface area contributed by atoms with Crippen LogP contribution in [0.1, 0.15) is 19.9 Å². The minimum absolute atomic E-state index is 0.165. The Kier molecular flexibility index (Phi) is 7.41. The highest BCUT2D eigenvalue weighted by Crippen LogP contribution is 2.27. The van der Waals surface area contributed by atoms with E-state index in [0.717, 1.165) is 0 Å². The number of carbonyl (C=O) groups is 1. The van der Waals surface area contributed by atoms with Gasteiger partial charge >= 0.3 is 0 Å². The number of benzene rings is 2. The Morgan fingerprint density at radius 2 is 1.87 bits per heavy atom. The number of ether oxygens (including phenoxy) is 1. The Hall–Kier alpha value is -2.06. The average Bonchev–Trinajstić information content (AvgIpc) is 2.67. The normalized spacial score (nSPS) is 13.2. The number of nitrogens with zero attached hydrogens (tertiary/aromatic N) is 2. The van der Waals surface area contributed by atoms with E-state index in [9.17, 15) is 9.59 Å². The van der Waals surface area contributed by atoms with Crippen LogP contribution in [0.15, 0.2) is 52.4 Å². The van der Waals surface area contributed by atoms with Crippen LogP contribution in [-0.2, 0) is 9.53 Å². The summed E-state index contributed by atoms with van der Waals surface area (Å²) in [5.74, 6) is -0.258. The van der Waals surface area contributed by atoms with E-state index >= 15 is 0 Å². The third-order valence-electron chi connectivity index (χ3n) is 4.41. The highest BCUT2D eigenvalue weighted by molar-refractivity contribution is 8.00. The van der Waals surface area contributed by atoms with Gasteiger partial charge in [0.2, 0.25) is 5.91 Å². The van der Waals surface area contributed by atoms with Crippen molar-refractivity contribution in [2.24, 2.45) is 0 Å². The van der Waals surface area contributed by atoms with Gasteiger partial charge in [-0.3, -0.25) is 14.2 Å². The molecule has 0 radical (unpaired) electrons. The second kappa shape index (κ2) is 9.83. The van der Waals surface area contributed by atoms with Crippen molar-refractivity contribution in [3.8, 4) is 0 Å². The zero-order chi connectivity index (χ0) is 21.8. The Morgan fingerprint density at radius 1 is 1.20 bits per heavy atom. The molecule has 9 heteroatoms. The van der Waals surface area contributed by atoms with E-state index in [0.29, 0.717) is 38.4 Å². The van der Waals surface area contributed by atoms with Gasteiger partial charge in [0, 0.05) is 22.8 Å². The van der Waals surface area contributed by atoms with E-state index in [1.54, 1.807) is 55.0 Å². The number of fused-ring (bicyclic) bond motifs is 1. The standard InChI is InChI=1S/C21H21Cl2N3O3S/c1-12(11-29-3)26-20(28)17-6-4-5-7-18(17)25-21(26)30-13(2)19(27)24-16-9-14(22)8-15(23)10-16/h4-10,12-13H,11H2,1-3H3,(H,24,27)/t12-,13-/m0/s1. The van der Waals surface area contributed by atoms with E-state index in [1.165, 1.54) is 11.8 Å². The molecule has 0 saturated heterocycles. The molecule has 2 atom stereocenters. The van der Waals surface area contributed by atoms with Crippen LogP contribution < -0.4 is 10.9 Å². The molecule has 158 valence electrons. The fourth-order valence-electron chi connectivity index (χ4n) is 2.99. The van der Waals surface area contributed by atoms with Crippen molar-refractivity contribution >= 4 is 57.5 Å². The predicted octanol–water partition coefficient (Wildman–Crippen LogP) is 5.03. The third kappa shape index (κ3) is 5.16.